The van der Waals surface area contributed by atoms with E-state index < -0.39 is 10.0 Å². The largest absolute Gasteiger partial charge is 0.345 e. The highest BCUT2D eigenvalue weighted by atomic mass is 35.5. The quantitative estimate of drug-likeness (QED) is 0.497. The van der Waals surface area contributed by atoms with Gasteiger partial charge >= 0.3 is 0 Å². The van der Waals surface area contributed by atoms with Crippen LogP contribution in [0.4, 0.5) is 0 Å². The number of halogens is 2. The molecule has 0 saturated carbocycles. The maximum Gasteiger partial charge on any atom is 0.244 e. The van der Waals surface area contributed by atoms with Crippen LogP contribution in [0.25, 0.3) is 0 Å². The van der Waals surface area contributed by atoms with Crippen molar-refractivity contribution >= 4 is 39.1 Å². The molecule has 0 radical (unpaired) electrons. The van der Waals surface area contributed by atoms with Crippen LogP contribution in [0, 0.1) is 5.92 Å². The molecule has 0 aliphatic carbocycles. The Balaban J connectivity index is 1.46. The molecule has 1 heterocycles. The number of sulfonamides is 1. The van der Waals surface area contributed by atoms with E-state index in [1.54, 1.807) is 6.07 Å². The second kappa shape index (κ2) is 10.3. The molecule has 1 fully saturated rings. The van der Waals surface area contributed by atoms with E-state index in [0.29, 0.717) is 17.9 Å². The number of nitrogens with zero attached hydrogens (tertiary/aromatic N) is 1. The van der Waals surface area contributed by atoms with E-state index in [1.165, 1.54) is 16.4 Å². The molecule has 33 heavy (non-hydrogen) atoms. The zero-order valence-electron chi connectivity index (χ0n) is 17.8. The summed E-state index contributed by atoms with van der Waals surface area (Å²) in [6.07, 6.45) is 0.860. The summed E-state index contributed by atoms with van der Waals surface area (Å²) in [7, 11) is -3.79. The highest BCUT2D eigenvalue weighted by Gasteiger charge is 2.34. The van der Waals surface area contributed by atoms with Gasteiger partial charge in [-0.3, -0.25) is 4.79 Å². The summed E-state index contributed by atoms with van der Waals surface area (Å²) in [5.41, 5.74) is 1.99. The van der Waals surface area contributed by atoms with Gasteiger partial charge in [0.05, 0.1) is 11.1 Å². The third kappa shape index (κ3) is 5.41. The fourth-order valence-electron chi connectivity index (χ4n) is 4.08. The highest BCUT2D eigenvalue weighted by molar-refractivity contribution is 7.89. The van der Waals surface area contributed by atoms with Crippen LogP contribution in [-0.4, -0.2) is 31.7 Å². The lowest BCUT2D eigenvalue weighted by Gasteiger charge is -2.32. The fourth-order valence-corrected chi connectivity index (χ4v) is 6.29. The summed E-state index contributed by atoms with van der Waals surface area (Å²) in [5, 5.41) is 3.61. The molecule has 1 amide bonds. The molecule has 0 bridgehead atoms. The maximum absolute atomic E-state index is 13.2. The van der Waals surface area contributed by atoms with Gasteiger partial charge in [0.2, 0.25) is 15.9 Å². The molecule has 1 saturated heterocycles. The van der Waals surface area contributed by atoms with Crippen LogP contribution in [-0.2, 0) is 14.8 Å². The third-order valence-electron chi connectivity index (χ3n) is 5.89. The number of benzene rings is 3. The molecule has 5 nitrogen and oxygen atoms in total. The van der Waals surface area contributed by atoms with E-state index in [-0.39, 0.29) is 40.9 Å². The van der Waals surface area contributed by atoms with Crippen molar-refractivity contribution in [3.63, 3.8) is 0 Å². The molecule has 4 rings (SSSR count). The van der Waals surface area contributed by atoms with Gasteiger partial charge in [-0.2, -0.15) is 4.31 Å². The van der Waals surface area contributed by atoms with Crippen molar-refractivity contribution < 1.29 is 13.2 Å². The van der Waals surface area contributed by atoms with E-state index in [2.05, 4.69) is 5.32 Å². The van der Waals surface area contributed by atoms with E-state index in [4.69, 9.17) is 23.2 Å². The van der Waals surface area contributed by atoms with Crippen molar-refractivity contribution in [3.8, 4) is 0 Å². The average molecular weight is 503 g/mol. The average Bonchev–Trinajstić information content (AvgIpc) is 2.85. The van der Waals surface area contributed by atoms with Gasteiger partial charge in [0.15, 0.2) is 0 Å². The van der Waals surface area contributed by atoms with Crippen LogP contribution < -0.4 is 5.32 Å². The summed E-state index contributed by atoms with van der Waals surface area (Å²) in [5.74, 6) is -0.355. The highest BCUT2D eigenvalue weighted by Crippen LogP contribution is 2.31. The van der Waals surface area contributed by atoms with Crippen molar-refractivity contribution in [2.24, 2.45) is 5.92 Å². The molecular formula is C25H24Cl2N2O3S. The van der Waals surface area contributed by atoms with Crippen LogP contribution in [0.15, 0.2) is 83.8 Å². The summed E-state index contributed by atoms with van der Waals surface area (Å²) >= 11 is 12.1. The SMILES string of the molecule is O=C(NC(c1ccccc1)c1ccccc1)C1CCN(S(=O)(=O)c2cc(Cl)ccc2Cl)CC1. The zero-order chi connectivity index (χ0) is 23.4. The molecule has 1 N–H and O–H groups in total. The Kier molecular flexibility index (Phi) is 7.39. The number of carbonyl (C=O) groups is 1. The van der Waals surface area contributed by atoms with Gasteiger partial charge in [-0.1, -0.05) is 83.9 Å². The first-order valence-corrected chi connectivity index (χ1v) is 12.9. The molecule has 0 atom stereocenters. The van der Waals surface area contributed by atoms with Crippen molar-refractivity contribution in [2.75, 3.05) is 13.1 Å². The molecular weight excluding hydrogens is 479 g/mol. The normalized spacial score (nSPS) is 15.5. The van der Waals surface area contributed by atoms with Crippen molar-refractivity contribution in [2.45, 2.75) is 23.8 Å². The van der Waals surface area contributed by atoms with Gasteiger partial charge in [-0.05, 0) is 42.2 Å². The van der Waals surface area contributed by atoms with Crippen molar-refractivity contribution in [1.29, 1.82) is 0 Å². The lowest BCUT2D eigenvalue weighted by molar-refractivity contribution is -0.126. The van der Waals surface area contributed by atoms with E-state index in [9.17, 15) is 13.2 Å². The lowest BCUT2D eigenvalue weighted by atomic mass is 9.94. The van der Waals surface area contributed by atoms with Crippen LogP contribution in [0.3, 0.4) is 0 Å². The summed E-state index contributed by atoms with van der Waals surface area (Å²) < 4.78 is 27.5. The number of nitrogens with one attached hydrogen (secondary N) is 1. The van der Waals surface area contributed by atoms with E-state index >= 15 is 0 Å². The first kappa shape index (κ1) is 23.8. The molecule has 1 aliphatic rings. The topological polar surface area (TPSA) is 66.5 Å². The standard InChI is InChI=1S/C25H24Cl2N2O3S/c26-21-11-12-22(27)23(17-21)33(31,32)29-15-13-20(14-16-29)25(30)28-24(18-7-3-1-4-8-18)19-9-5-2-6-10-19/h1-12,17,20,24H,13-16H2,(H,28,30). The summed E-state index contributed by atoms with van der Waals surface area (Å²) in [6, 6.07) is 23.7. The fraction of sp³-hybridized carbons (Fsp3) is 0.240. The van der Waals surface area contributed by atoms with Gasteiger partial charge in [-0.25, -0.2) is 8.42 Å². The van der Waals surface area contributed by atoms with Crippen molar-refractivity contribution in [3.05, 3.63) is 100 Å². The molecule has 8 heteroatoms. The Morgan fingerprint density at radius 3 is 1.97 bits per heavy atom. The first-order valence-electron chi connectivity index (χ1n) is 10.7. The Hall–Kier alpha value is -2.38. The first-order chi connectivity index (χ1) is 15.9. The van der Waals surface area contributed by atoms with E-state index in [0.717, 1.165) is 11.1 Å². The third-order valence-corrected chi connectivity index (χ3v) is 8.50. The molecule has 172 valence electrons. The zero-order valence-corrected chi connectivity index (χ0v) is 20.2. The van der Waals surface area contributed by atoms with Crippen LogP contribution in [0.1, 0.15) is 30.0 Å². The molecule has 0 unspecified atom stereocenters. The van der Waals surface area contributed by atoms with Crippen LogP contribution in [0.2, 0.25) is 10.0 Å². The molecule has 0 spiro atoms. The molecule has 3 aromatic carbocycles. The number of carbonyl (C=O) groups excluding carboxylic acids is 1. The smallest absolute Gasteiger partial charge is 0.244 e. The number of hydrogen-bond acceptors (Lipinski definition) is 3. The second-order valence-electron chi connectivity index (χ2n) is 8.02. The second-order valence-corrected chi connectivity index (χ2v) is 10.8. The maximum atomic E-state index is 13.2. The van der Waals surface area contributed by atoms with Gasteiger partial charge in [0.25, 0.3) is 0 Å². The Morgan fingerprint density at radius 1 is 0.879 bits per heavy atom. The number of piperidine rings is 1. The molecule has 1 aliphatic heterocycles. The van der Waals surface area contributed by atoms with Crippen molar-refractivity contribution in [1.82, 2.24) is 9.62 Å². The van der Waals surface area contributed by atoms with E-state index in [1.807, 2.05) is 60.7 Å². The predicted octanol–water partition coefficient (Wildman–Crippen LogP) is 5.30. The van der Waals surface area contributed by atoms with Crippen LogP contribution >= 0.6 is 23.2 Å². The van der Waals surface area contributed by atoms with Crippen LogP contribution in [0.5, 0.6) is 0 Å². The van der Waals surface area contributed by atoms with Gasteiger partial charge in [0.1, 0.15) is 4.90 Å². The summed E-state index contributed by atoms with van der Waals surface area (Å²) in [4.78, 5) is 13.2. The number of amides is 1. The number of rotatable bonds is 6. The Bertz CT molecular complexity index is 1170. The monoisotopic (exact) mass is 502 g/mol. The molecule has 0 aromatic heterocycles. The predicted molar refractivity (Wildman–Crippen MR) is 131 cm³/mol. The minimum Gasteiger partial charge on any atom is -0.345 e. The summed E-state index contributed by atoms with van der Waals surface area (Å²) in [6.45, 7) is 0.481. The Labute approximate surface area is 204 Å². The van der Waals surface area contributed by atoms with Gasteiger partial charge in [-0.15, -0.1) is 0 Å². The lowest BCUT2D eigenvalue weighted by Crippen LogP contribution is -2.43. The van der Waals surface area contributed by atoms with Gasteiger partial charge in [0, 0.05) is 24.0 Å². The molecule has 3 aromatic rings. The minimum atomic E-state index is -3.79. The van der Waals surface area contributed by atoms with Gasteiger partial charge < -0.3 is 5.32 Å². The number of hydrogen-bond donors (Lipinski definition) is 1. The Morgan fingerprint density at radius 2 is 1.42 bits per heavy atom. The minimum absolute atomic E-state index is 0.00668.